The monoisotopic (exact) mass is 440 g/mol. The predicted molar refractivity (Wildman–Crippen MR) is 123 cm³/mol. The Kier molecular flexibility index (Phi) is 7.67. The Labute approximate surface area is 189 Å². The van der Waals surface area contributed by atoms with E-state index in [9.17, 15) is 14.0 Å². The van der Waals surface area contributed by atoms with Crippen molar-refractivity contribution in [3.8, 4) is 0 Å². The molecule has 6 heteroatoms. The molecule has 2 aromatic rings. The zero-order valence-corrected chi connectivity index (χ0v) is 19.2. The van der Waals surface area contributed by atoms with Gasteiger partial charge >= 0.3 is 0 Å². The fourth-order valence-corrected chi connectivity index (χ4v) is 4.02. The van der Waals surface area contributed by atoms with Crippen LogP contribution in [0, 0.1) is 5.82 Å². The molecule has 0 atom stereocenters. The molecular weight excluding hydrogens is 407 g/mol. The van der Waals surface area contributed by atoms with Gasteiger partial charge in [-0.15, -0.1) is 0 Å². The Morgan fingerprint density at radius 1 is 1.03 bits per heavy atom. The van der Waals surface area contributed by atoms with Gasteiger partial charge in [0.2, 0.25) is 5.91 Å². The van der Waals surface area contributed by atoms with Gasteiger partial charge in [0.15, 0.2) is 0 Å². The Morgan fingerprint density at radius 2 is 1.72 bits per heavy atom. The van der Waals surface area contributed by atoms with E-state index in [1.54, 1.807) is 12.1 Å². The maximum Gasteiger partial charge on any atom is 0.251 e. The molecule has 0 aromatic heterocycles. The number of amides is 2. The lowest BCUT2D eigenvalue weighted by Gasteiger charge is -2.38. The van der Waals surface area contributed by atoms with Crippen LogP contribution in [0.15, 0.2) is 48.5 Å². The van der Waals surface area contributed by atoms with E-state index in [1.165, 1.54) is 6.07 Å². The van der Waals surface area contributed by atoms with Gasteiger partial charge in [0.25, 0.3) is 5.91 Å². The molecule has 0 spiro atoms. The first-order chi connectivity index (χ1) is 15.2. The van der Waals surface area contributed by atoms with Crippen molar-refractivity contribution >= 4 is 11.8 Å². The van der Waals surface area contributed by atoms with Crippen molar-refractivity contribution in [2.75, 3.05) is 26.3 Å². The van der Waals surface area contributed by atoms with Crippen LogP contribution >= 0.6 is 0 Å². The molecule has 172 valence electrons. The second-order valence-electron chi connectivity index (χ2n) is 9.51. The van der Waals surface area contributed by atoms with E-state index in [2.05, 4.69) is 31.4 Å². The number of carbonyl (C=O) groups excluding carboxylic acids is 2. The van der Waals surface area contributed by atoms with E-state index in [0.717, 1.165) is 24.0 Å². The van der Waals surface area contributed by atoms with Crippen LogP contribution in [0.3, 0.4) is 0 Å². The SMILES string of the molecule is CC(C)(C)c1ccc(C(=O)NCCC(=O)NCC2(c3cccc(F)c3)CCOCC2)cc1. The van der Waals surface area contributed by atoms with E-state index < -0.39 is 0 Å². The van der Waals surface area contributed by atoms with Crippen molar-refractivity contribution in [2.24, 2.45) is 0 Å². The molecule has 2 N–H and O–H groups in total. The summed E-state index contributed by atoms with van der Waals surface area (Å²) in [5.74, 6) is -0.618. The summed E-state index contributed by atoms with van der Waals surface area (Å²) in [5, 5.41) is 5.79. The Balaban J connectivity index is 1.50. The van der Waals surface area contributed by atoms with Crippen LogP contribution in [0.4, 0.5) is 4.39 Å². The van der Waals surface area contributed by atoms with Crippen molar-refractivity contribution < 1.29 is 18.7 Å². The van der Waals surface area contributed by atoms with E-state index in [1.807, 2.05) is 30.3 Å². The van der Waals surface area contributed by atoms with Gasteiger partial charge in [-0.1, -0.05) is 45.0 Å². The Morgan fingerprint density at radius 3 is 2.34 bits per heavy atom. The number of hydrogen-bond donors (Lipinski definition) is 2. The fourth-order valence-electron chi connectivity index (χ4n) is 4.02. The third-order valence-corrected chi connectivity index (χ3v) is 6.16. The van der Waals surface area contributed by atoms with Crippen LogP contribution in [0.5, 0.6) is 0 Å². The third kappa shape index (κ3) is 6.16. The summed E-state index contributed by atoms with van der Waals surface area (Å²) in [6.07, 6.45) is 1.62. The van der Waals surface area contributed by atoms with Gasteiger partial charge in [0, 0.05) is 43.7 Å². The van der Waals surface area contributed by atoms with Crippen molar-refractivity contribution in [1.29, 1.82) is 0 Å². The van der Waals surface area contributed by atoms with Crippen LogP contribution < -0.4 is 10.6 Å². The lowest BCUT2D eigenvalue weighted by atomic mass is 9.74. The Bertz CT molecular complexity index is 929. The first-order valence-corrected chi connectivity index (χ1v) is 11.2. The predicted octanol–water partition coefficient (Wildman–Crippen LogP) is 4.11. The summed E-state index contributed by atoms with van der Waals surface area (Å²) in [6, 6.07) is 14.1. The number of nitrogens with one attached hydrogen (secondary N) is 2. The minimum atomic E-state index is -0.339. The molecule has 0 radical (unpaired) electrons. The number of ether oxygens (including phenoxy) is 1. The van der Waals surface area contributed by atoms with Gasteiger partial charge in [0.05, 0.1) is 0 Å². The van der Waals surface area contributed by atoms with Gasteiger partial charge < -0.3 is 15.4 Å². The van der Waals surface area contributed by atoms with Gasteiger partial charge in [-0.05, 0) is 53.6 Å². The standard InChI is InChI=1S/C26H33FN2O3/c1-25(2,3)20-9-7-19(8-10-20)24(31)28-14-11-23(30)29-18-26(12-15-32-16-13-26)21-5-4-6-22(27)17-21/h4-10,17H,11-16,18H2,1-3H3,(H,28,31)(H,29,30). The second kappa shape index (κ2) is 10.3. The maximum absolute atomic E-state index is 13.8. The highest BCUT2D eigenvalue weighted by Crippen LogP contribution is 2.34. The molecule has 0 unspecified atom stereocenters. The van der Waals surface area contributed by atoms with Crippen molar-refractivity contribution in [3.63, 3.8) is 0 Å². The molecule has 3 rings (SSSR count). The first-order valence-electron chi connectivity index (χ1n) is 11.2. The molecule has 0 bridgehead atoms. The topological polar surface area (TPSA) is 67.4 Å². The van der Waals surface area contributed by atoms with Crippen LogP contribution in [0.25, 0.3) is 0 Å². The van der Waals surface area contributed by atoms with Crippen LogP contribution in [-0.4, -0.2) is 38.1 Å². The molecule has 0 aliphatic carbocycles. The molecule has 5 nitrogen and oxygen atoms in total. The fraction of sp³-hybridized carbons (Fsp3) is 0.462. The molecule has 1 fully saturated rings. The van der Waals surface area contributed by atoms with Crippen LogP contribution in [0.1, 0.15) is 61.5 Å². The highest BCUT2D eigenvalue weighted by atomic mass is 19.1. The zero-order valence-electron chi connectivity index (χ0n) is 19.2. The van der Waals surface area contributed by atoms with Gasteiger partial charge in [-0.3, -0.25) is 9.59 Å². The number of rotatable bonds is 7. The molecule has 2 aromatic carbocycles. The summed E-state index contributed by atoms with van der Waals surface area (Å²) in [7, 11) is 0. The average molecular weight is 441 g/mol. The normalized spacial score (nSPS) is 15.8. The van der Waals surface area contributed by atoms with Crippen molar-refractivity contribution in [1.82, 2.24) is 10.6 Å². The zero-order chi connectivity index (χ0) is 23.2. The Hall–Kier alpha value is -2.73. The molecule has 32 heavy (non-hydrogen) atoms. The number of benzene rings is 2. The quantitative estimate of drug-likeness (QED) is 0.681. The summed E-state index contributed by atoms with van der Waals surface area (Å²) < 4.78 is 19.3. The lowest BCUT2D eigenvalue weighted by molar-refractivity contribution is -0.121. The largest absolute Gasteiger partial charge is 0.381 e. The number of carbonyl (C=O) groups is 2. The lowest BCUT2D eigenvalue weighted by Crippen LogP contribution is -2.45. The van der Waals surface area contributed by atoms with Crippen LogP contribution in [0.2, 0.25) is 0 Å². The molecule has 1 heterocycles. The molecule has 0 saturated carbocycles. The summed E-state index contributed by atoms with van der Waals surface area (Å²) in [6.45, 7) is 8.20. The maximum atomic E-state index is 13.8. The van der Waals surface area contributed by atoms with E-state index in [4.69, 9.17) is 4.74 Å². The molecule has 1 aliphatic heterocycles. The van der Waals surface area contributed by atoms with Gasteiger partial charge in [-0.2, -0.15) is 0 Å². The molecule has 1 saturated heterocycles. The van der Waals surface area contributed by atoms with E-state index in [-0.39, 0.29) is 41.4 Å². The highest BCUT2D eigenvalue weighted by Gasteiger charge is 2.35. The number of hydrogen-bond acceptors (Lipinski definition) is 3. The van der Waals surface area contributed by atoms with E-state index >= 15 is 0 Å². The molecular formula is C26H33FN2O3. The number of halogens is 1. The second-order valence-corrected chi connectivity index (χ2v) is 9.51. The van der Waals surface area contributed by atoms with Crippen LogP contribution in [-0.2, 0) is 20.4 Å². The highest BCUT2D eigenvalue weighted by molar-refractivity contribution is 5.94. The summed E-state index contributed by atoms with van der Waals surface area (Å²) in [4.78, 5) is 24.8. The molecule has 2 amide bonds. The van der Waals surface area contributed by atoms with Crippen molar-refractivity contribution in [2.45, 2.75) is 50.9 Å². The van der Waals surface area contributed by atoms with Crippen molar-refractivity contribution in [3.05, 3.63) is 71.0 Å². The minimum Gasteiger partial charge on any atom is -0.381 e. The average Bonchev–Trinajstić information content (AvgIpc) is 2.78. The minimum absolute atomic E-state index is 0.0282. The molecule has 1 aliphatic rings. The smallest absolute Gasteiger partial charge is 0.251 e. The summed E-state index contributed by atoms with van der Waals surface area (Å²) in [5.41, 5.74) is 2.31. The summed E-state index contributed by atoms with van der Waals surface area (Å²) >= 11 is 0. The van der Waals surface area contributed by atoms with E-state index in [0.29, 0.717) is 25.3 Å². The third-order valence-electron chi connectivity index (χ3n) is 6.16. The van der Waals surface area contributed by atoms with Gasteiger partial charge in [0.1, 0.15) is 5.82 Å². The van der Waals surface area contributed by atoms with Gasteiger partial charge in [-0.25, -0.2) is 4.39 Å². The first kappa shape index (κ1) is 23.9.